The number of carbonyl (C=O) groups excluding carboxylic acids is 1. The summed E-state index contributed by atoms with van der Waals surface area (Å²) in [6.07, 6.45) is 13.4. The van der Waals surface area contributed by atoms with Crippen LogP contribution in [0, 0.1) is 10.1 Å². The highest BCUT2D eigenvalue weighted by Gasteiger charge is 2.66. The van der Waals surface area contributed by atoms with E-state index >= 15 is 0 Å². The maximum atomic E-state index is 13.1. The lowest BCUT2D eigenvalue weighted by molar-refractivity contribution is -0.384. The third kappa shape index (κ3) is 10.1. The smallest absolute Gasteiger partial charge is 0.412 e. The lowest BCUT2D eigenvalue weighted by Gasteiger charge is -2.33. The highest BCUT2D eigenvalue weighted by molar-refractivity contribution is 5.84. The van der Waals surface area contributed by atoms with Crippen molar-refractivity contribution >= 4 is 17.5 Å². The van der Waals surface area contributed by atoms with Crippen molar-refractivity contribution in [3.8, 4) is 0 Å². The van der Waals surface area contributed by atoms with Gasteiger partial charge in [-0.3, -0.25) is 15.4 Å². The number of non-ortho nitro benzene ring substituents is 1. The number of piperidine rings is 1. The average Bonchev–Trinajstić information content (AvgIpc) is 3.40. The fourth-order valence-electron chi connectivity index (χ4n) is 6.48. The van der Waals surface area contributed by atoms with Crippen molar-refractivity contribution < 1.29 is 33.4 Å². The second-order valence-corrected chi connectivity index (χ2v) is 12.9. The van der Waals surface area contributed by atoms with Crippen molar-refractivity contribution in [1.82, 2.24) is 4.90 Å². The molecule has 0 bridgehead atoms. The lowest BCUT2D eigenvalue weighted by atomic mass is 10.0. The Morgan fingerprint density at radius 1 is 0.977 bits per heavy atom. The molecule has 1 N–H and O–H groups in total. The van der Waals surface area contributed by atoms with Gasteiger partial charge in [0.15, 0.2) is 18.0 Å². The minimum absolute atomic E-state index is 0.0592. The molecule has 3 saturated heterocycles. The Morgan fingerprint density at radius 3 is 2.25 bits per heavy atom. The van der Waals surface area contributed by atoms with Crippen LogP contribution in [0.25, 0.3) is 0 Å². The first-order valence-corrected chi connectivity index (χ1v) is 16.8. The highest BCUT2D eigenvalue weighted by Crippen LogP contribution is 2.47. The zero-order valence-corrected chi connectivity index (χ0v) is 26.9. The van der Waals surface area contributed by atoms with Crippen LogP contribution in [0.1, 0.15) is 104 Å². The van der Waals surface area contributed by atoms with Crippen molar-refractivity contribution in [2.24, 2.45) is 0 Å². The molecule has 0 saturated carbocycles. The summed E-state index contributed by atoms with van der Waals surface area (Å²) in [5.41, 5.74) is 0.332. The molecule has 0 unspecified atom stereocenters. The van der Waals surface area contributed by atoms with Crippen LogP contribution >= 0.6 is 0 Å². The topological polar surface area (TPSA) is 122 Å². The third-order valence-electron chi connectivity index (χ3n) is 8.68. The second kappa shape index (κ2) is 16.8. The molecule has 0 radical (unpaired) electrons. The maximum absolute atomic E-state index is 13.1. The van der Waals surface area contributed by atoms with E-state index in [-0.39, 0.29) is 12.3 Å². The minimum atomic E-state index is -1.19. The molecule has 1 amide bonds. The summed E-state index contributed by atoms with van der Waals surface area (Å²) >= 11 is 0. The van der Waals surface area contributed by atoms with Crippen molar-refractivity contribution in [2.45, 2.75) is 134 Å². The number of carbonyl (C=O) groups is 1. The summed E-state index contributed by atoms with van der Waals surface area (Å²) < 4.78 is 31.5. The largest absolute Gasteiger partial charge is 0.440 e. The number of nitro benzene ring substituents is 1. The van der Waals surface area contributed by atoms with Gasteiger partial charge in [-0.2, -0.15) is 0 Å². The number of nitrogens with one attached hydrogen (secondary N) is 1. The summed E-state index contributed by atoms with van der Waals surface area (Å²) in [6, 6.07) is 5.61. The third-order valence-corrected chi connectivity index (χ3v) is 8.68. The fraction of sp³-hybridized carbons (Fsp3) is 0.788. The normalized spacial score (nSPS) is 26.4. The number of hydrogen-bond donors (Lipinski definition) is 1. The molecule has 0 spiro atoms. The number of nitro groups is 1. The quantitative estimate of drug-likeness (QED) is 0.103. The molecule has 4 rings (SSSR count). The molecule has 1 aromatic rings. The zero-order valence-electron chi connectivity index (χ0n) is 26.9. The van der Waals surface area contributed by atoms with E-state index in [1.807, 2.05) is 13.8 Å². The monoisotopic (exact) mass is 619 g/mol. The number of benzene rings is 1. The van der Waals surface area contributed by atoms with E-state index in [2.05, 4.69) is 17.1 Å². The van der Waals surface area contributed by atoms with Gasteiger partial charge in [-0.25, -0.2) is 4.79 Å². The van der Waals surface area contributed by atoms with Gasteiger partial charge in [0.25, 0.3) is 5.69 Å². The average molecular weight is 620 g/mol. The van der Waals surface area contributed by atoms with Crippen LogP contribution in [-0.2, 0) is 23.7 Å². The van der Waals surface area contributed by atoms with Gasteiger partial charge in [-0.15, -0.1) is 0 Å². The summed E-state index contributed by atoms with van der Waals surface area (Å²) in [5.74, 6) is -2.14. The van der Waals surface area contributed by atoms with Crippen LogP contribution in [0.2, 0.25) is 0 Å². The first-order valence-electron chi connectivity index (χ1n) is 16.8. The molecule has 248 valence electrons. The molecule has 4 atom stereocenters. The Bertz CT molecular complexity index is 1030. The first kappa shape index (κ1) is 34.6. The lowest BCUT2D eigenvalue weighted by Crippen LogP contribution is -2.46. The molecule has 3 aliphatic rings. The molecule has 11 nitrogen and oxygen atoms in total. The van der Waals surface area contributed by atoms with E-state index in [1.54, 1.807) is 0 Å². The van der Waals surface area contributed by atoms with Crippen LogP contribution < -0.4 is 5.32 Å². The Labute approximate surface area is 262 Å². The number of hydrogen-bond acceptors (Lipinski definition) is 9. The summed E-state index contributed by atoms with van der Waals surface area (Å²) in [4.78, 5) is 25.9. The summed E-state index contributed by atoms with van der Waals surface area (Å²) in [5, 5.41) is 13.7. The molecule has 0 aromatic heterocycles. The second-order valence-electron chi connectivity index (χ2n) is 12.9. The zero-order chi connectivity index (χ0) is 31.4. The molecule has 1 aromatic carbocycles. The van der Waals surface area contributed by atoms with Gasteiger partial charge >= 0.3 is 6.09 Å². The van der Waals surface area contributed by atoms with E-state index in [1.165, 1.54) is 82.1 Å². The number of fused-ring (bicyclic) bond motifs is 1. The summed E-state index contributed by atoms with van der Waals surface area (Å²) in [6.45, 7) is 9.18. The molecular formula is C33H53N3O8. The van der Waals surface area contributed by atoms with Gasteiger partial charge in [0.2, 0.25) is 5.79 Å². The molecule has 0 aliphatic carbocycles. The number of rotatable bonds is 18. The number of ether oxygens (including phenoxy) is 5. The SMILES string of the molecule is CCCCCCCCCCCCOC[C@@]12O[C@@H](CN3CCCCC3)[C@@H](OC(=O)Nc3ccc([N+](=O)[O-])cc3)[C@@H]1OC(C)(C)O2. The summed E-state index contributed by atoms with van der Waals surface area (Å²) in [7, 11) is 0. The Hall–Kier alpha value is -2.31. The number of anilines is 1. The Morgan fingerprint density at radius 2 is 1.61 bits per heavy atom. The van der Waals surface area contributed by atoms with Gasteiger partial charge in [-0.1, -0.05) is 71.1 Å². The van der Waals surface area contributed by atoms with Gasteiger partial charge in [0, 0.05) is 31.0 Å². The number of nitrogens with zero attached hydrogens (tertiary/aromatic N) is 2. The standard InChI is InChI=1S/C33H53N3O8/c1-4-5-6-7-8-9-10-11-12-16-23-40-25-33-30(43-32(2,3)44-33)29(28(42-33)24-35-21-14-13-15-22-35)41-31(37)34-26-17-19-27(20-18-26)36(38)39/h17-20,28-30H,4-16,21-25H2,1-3H3,(H,34,37)/t28-,29+,30-,33-/m0/s1. The van der Waals surface area contributed by atoms with Gasteiger partial charge < -0.3 is 28.6 Å². The van der Waals surface area contributed by atoms with E-state index in [9.17, 15) is 14.9 Å². The van der Waals surface area contributed by atoms with Gasteiger partial charge in [0.1, 0.15) is 12.7 Å². The minimum Gasteiger partial charge on any atom is -0.440 e. The predicted molar refractivity (Wildman–Crippen MR) is 168 cm³/mol. The van der Waals surface area contributed by atoms with Crippen molar-refractivity contribution in [1.29, 1.82) is 0 Å². The van der Waals surface area contributed by atoms with Crippen LogP contribution in [0.15, 0.2) is 24.3 Å². The van der Waals surface area contributed by atoms with Crippen LogP contribution in [-0.4, -0.2) is 78.7 Å². The van der Waals surface area contributed by atoms with Gasteiger partial charge in [-0.05, 0) is 58.3 Å². The first-order chi connectivity index (χ1) is 21.2. The van der Waals surface area contributed by atoms with Crippen molar-refractivity contribution in [3.05, 3.63) is 34.4 Å². The fourth-order valence-corrected chi connectivity index (χ4v) is 6.48. The molecular weight excluding hydrogens is 566 g/mol. The number of unbranched alkanes of at least 4 members (excludes halogenated alkanes) is 9. The predicted octanol–water partition coefficient (Wildman–Crippen LogP) is 7.18. The van der Waals surface area contributed by atoms with E-state index in [0.29, 0.717) is 18.8 Å². The maximum Gasteiger partial charge on any atom is 0.412 e. The van der Waals surface area contributed by atoms with Crippen LogP contribution in [0.3, 0.4) is 0 Å². The molecule has 44 heavy (non-hydrogen) atoms. The van der Waals surface area contributed by atoms with Crippen molar-refractivity contribution in [3.63, 3.8) is 0 Å². The van der Waals surface area contributed by atoms with Crippen molar-refractivity contribution in [2.75, 3.05) is 38.2 Å². The molecule has 3 heterocycles. The Kier molecular flexibility index (Phi) is 13.2. The molecule has 3 fully saturated rings. The van der Waals surface area contributed by atoms with E-state index in [4.69, 9.17) is 23.7 Å². The Balaban J connectivity index is 1.33. The van der Waals surface area contributed by atoms with Gasteiger partial charge in [0.05, 0.1) is 4.92 Å². The van der Waals surface area contributed by atoms with Crippen LogP contribution in [0.5, 0.6) is 0 Å². The van der Waals surface area contributed by atoms with E-state index < -0.39 is 40.9 Å². The van der Waals surface area contributed by atoms with E-state index in [0.717, 1.165) is 38.8 Å². The molecule has 3 aliphatic heterocycles. The number of likely N-dealkylation sites (tertiary alicyclic amines) is 1. The molecule has 11 heteroatoms. The highest BCUT2D eigenvalue weighted by atomic mass is 16.9. The number of amides is 1. The van der Waals surface area contributed by atoms with Crippen LogP contribution in [0.4, 0.5) is 16.2 Å².